The number of carbonyl (C=O) groups excluding carboxylic acids is 2. The van der Waals surface area contributed by atoms with Crippen molar-refractivity contribution in [3.63, 3.8) is 0 Å². The van der Waals surface area contributed by atoms with Crippen molar-refractivity contribution in [2.24, 2.45) is 0 Å². The van der Waals surface area contributed by atoms with Crippen LogP contribution in [0.4, 0.5) is 4.79 Å². The number of fused-ring (bicyclic) bond motifs is 1. The molecule has 9 heteroatoms. The summed E-state index contributed by atoms with van der Waals surface area (Å²) in [5.74, 6) is -0.422. The average molecular weight is 554 g/mol. The summed E-state index contributed by atoms with van der Waals surface area (Å²) in [6.45, 7) is 7.35. The Morgan fingerprint density at radius 3 is 2.26 bits per heavy atom. The van der Waals surface area contributed by atoms with Gasteiger partial charge in [-0.15, -0.1) is 0 Å². The van der Waals surface area contributed by atoms with Crippen molar-refractivity contribution in [1.82, 2.24) is 15.4 Å². The highest BCUT2D eigenvalue weighted by atomic mass is 32.2. The van der Waals surface area contributed by atoms with Crippen molar-refractivity contribution in [3.05, 3.63) is 78.4 Å². The minimum atomic E-state index is -3.76. The Labute approximate surface area is 231 Å². The van der Waals surface area contributed by atoms with Crippen LogP contribution in [0.15, 0.2) is 77.7 Å². The summed E-state index contributed by atoms with van der Waals surface area (Å²) in [5, 5.41) is 7.66. The molecule has 210 valence electrons. The second-order valence-corrected chi connectivity index (χ2v) is 12.3. The van der Waals surface area contributed by atoms with E-state index in [4.69, 9.17) is 4.74 Å². The van der Waals surface area contributed by atoms with E-state index >= 15 is 0 Å². The standard InChI is InChI=1S/C30H39N3O5S/c1-5-6-14-25(33-39(36,37)26-15-8-7-9-16-26)21-31-28(34)27(32-29(35)38-30(2,3)4)20-22-17-18-23-12-10-11-13-24(23)19-22/h7-13,15-19,25,27,33H,5-6,14,20-21H2,1-4H3,(H,31,34)(H,32,35)/t25?,27-/m0/s1. The van der Waals surface area contributed by atoms with E-state index in [2.05, 4.69) is 15.4 Å². The highest BCUT2D eigenvalue weighted by Gasteiger charge is 2.26. The Kier molecular flexibility index (Phi) is 10.5. The third-order valence-electron chi connectivity index (χ3n) is 6.07. The first-order chi connectivity index (χ1) is 18.5. The number of hydrogen-bond acceptors (Lipinski definition) is 5. The van der Waals surface area contributed by atoms with Crippen LogP contribution in [0.5, 0.6) is 0 Å². The second-order valence-electron chi connectivity index (χ2n) is 10.6. The summed E-state index contributed by atoms with van der Waals surface area (Å²) in [5.41, 5.74) is 0.145. The van der Waals surface area contributed by atoms with Crippen molar-refractivity contribution < 1.29 is 22.7 Å². The zero-order chi connectivity index (χ0) is 28.5. The normalized spacial score (nSPS) is 13.4. The van der Waals surface area contributed by atoms with Gasteiger partial charge >= 0.3 is 6.09 Å². The first kappa shape index (κ1) is 30.1. The molecule has 0 saturated carbocycles. The van der Waals surface area contributed by atoms with Gasteiger partial charge in [0.05, 0.1) is 4.90 Å². The first-order valence-electron chi connectivity index (χ1n) is 13.3. The van der Waals surface area contributed by atoms with Crippen LogP contribution in [-0.4, -0.2) is 44.6 Å². The van der Waals surface area contributed by atoms with Crippen molar-refractivity contribution in [1.29, 1.82) is 0 Å². The molecule has 0 aromatic heterocycles. The lowest BCUT2D eigenvalue weighted by Gasteiger charge is -2.25. The van der Waals surface area contributed by atoms with E-state index < -0.39 is 39.7 Å². The predicted octanol–water partition coefficient (Wildman–Crippen LogP) is 4.93. The summed E-state index contributed by atoms with van der Waals surface area (Å²) in [7, 11) is -3.76. The van der Waals surface area contributed by atoms with E-state index in [1.807, 2.05) is 49.4 Å². The Morgan fingerprint density at radius 2 is 1.59 bits per heavy atom. The molecule has 0 fully saturated rings. The molecule has 3 aromatic carbocycles. The van der Waals surface area contributed by atoms with Crippen LogP contribution in [-0.2, 0) is 26.0 Å². The molecule has 3 N–H and O–H groups in total. The van der Waals surface area contributed by atoms with E-state index in [0.29, 0.717) is 6.42 Å². The van der Waals surface area contributed by atoms with E-state index in [9.17, 15) is 18.0 Å². The fourth-order valence-corrected chi connectivity index (χ4v) is 5.44. The largest absolute Gasteiger partial charge is 0.444 e. The van der Waals surface area contributed by atoms with Crippen molar-refractivity contribution >= 4 is 32.8 Å². The highest BCUT2D eigenvalue weighted by molar-refractivity contribution is 7.89. The van der Waals surface area contributed by atoms with Gasteiger partial charge in [-0.25, -0.2) is 17.9 Å². The van der Waals surface area contributed by atoms with Crippen molar-refractivity contribution in [3.8, 4) is 0 Å². The highest BCUT2D eigenvalue weighted by Crippen LogP contribution is 2.17. The number of carbonyl (C=O) groups is 2. The minimum Gasteiger partial charge on any atom is -0.444 e. The molecule has 0 heterocycles. The monoisotopic (exact) mass is 553 g/mol. The summed E-state index contributed by atoms with van der Waals surface area (Å²) >= 11 is 0. The predicted molar refractivity (Wildman–Crippen MR) is 154 cm³/mol. The molecule has 8 nitrogen and oxygen atoms in total. The van der Waals surface area contributed by atoms with Gasteiger partial charge < -0.3 is 15.4 Å². The Morgan fingerprint density at radius 1 is 0.923 bits per heavy atom. The molecule has 3 rings (SSSR count). The first-order valence-corrected chi connectivity index (χ1v) is 14.8. The molecule has 0 aliphatic carbocycles. The average Bonchev–Trinajstić information content (AvgIpc) is 2.89. The Balaban J connectivity index is 1.75. The van der Waals surface area contributed by atoms with E-state index in [1.54, 1.807) is 39.0 Å². The number of rotatable bonds is 12. The van der Waals surface area contributed by atoms with Crippen LogP contribution < -0.4 is 15.4 Å². The molecule has 1 unspecified atom stereocenters. The summed E-state index contributed by atoms with van der Waals surface area (Å²) in [6.07, 6.45) is 1.76. The number of amides is 2. The molecule has 0 saturated heterocycles. The van der Waals surface area contributed by atoms with Gasteiger partial charge in [0, 0.05) is 19.0 Å². The molecule has 2 amide bonds. The minimum absolute atomic E-state index is 0.0785. The number of nitrogens with one attached hydrogen (secondary N) is 3. The smallest absolute Gasteiger partial charge is 0.408 e. The van der Waals surface area contributed by atoms with Gasteiger partial charge in [0.2, 0.25) is 15.9 Å². The number of ether oxygens (including phenoxy) is 1. The second kappa shape index (κ2) is 13.6. The number of unbranched alkanes of at least 4 members (excludes halogenated alkanes) is 1. The van der Waals surface area contributed by atoms with Gasteiger partial charge in [-0.05, 0) is 55.7 Å². The van der Waals surface area contributed by atoms with E-state index in [0.717, 1.165) is 29.2 Å². The fourth-order valence-electron chi connectivity index (χ4n) is 4.15. The fraction of sp³-hybridized carbons (Fsp3) is 0.400. The number of alkyl carbamates (subject to hydrolysis) is 1. The molecule has 39 heavy (non-hydrogen) atoms. The molecule has 0 aliphatic rings. The molecular formula is C30H39N3O5S. The lowest BCUT2D eigenvalue weighted by Crippen LogP contribution is -2.52. The van der Waals surface area contributed by atoms with Crippen LogP contribution in [0.25, 0.3) is 10.8 Å². The summed E-state index contributed by atoms with van der Waals surface area (Å²) in [4.78, 5) is 26.1. The lowest BCUT2D eigenvalue weighted by atomic mass is 10.0. The molecule has 2 atom stereocenters. The Bertz CT molecular complexity index is 1350. The molecule has 0 aliphatic heterocycles. The Hall–Kier alpha value is -3.43. The van der Waals surface area contributed by atoms with Gasteiger partial charge in [0.25, 0.3) is 0 Å². The quantitative estimate of drug-likeness (QED) is 0.294. The molecule has 3 aromatic rings. The van der Waals surface area contributed by atoms with Gasteiger partial charge in [0.15, 0.2) is 0 Å². The van der Waals surface area contributed by atoms with Gasteiger partial charge in [-0.3, -0.25) is 4.79 Å². The SMILES string of the molecule is CCCCC(CNC(=O)[C@H](Cc1ccc2ccccc2c1)NC(=O)OC(C)(C)C)NS(=O)(=O)c1ccccc1. The van der Waals surface area contributed by atoms with Crippen LogP contribution >= 0.6 is 0 Å². The van der Waals surface area contributed by atoms with Crippen LogP contribution in [0.2, 0.25) is 0 Å². The third kappa shape index (κ3) is 9.67. The maximum Gasteiger partial charge on any atom is 0.408 e. The summed E-state index contributed by atoms with van der Waals surface area (Å²) < 4.78 is 34.0. The van der Waals surface area contributed by atoms with Crippen LogP contribution in [0.1, 0.15) is 52.5 Å². The third-order valence-corrected chi connectivity index (χ3v) is 7.60. The van der Waals surface area contributed by atoms with Crippen molar-refractivity contribution in [2.45, 2.75) is 76.0 Å². The molecule has 0 spiro atoms. The summed E-state index contributed by atoms with van der Waals surface area (Å²) in [6, 6.07) is 20.5. The van der Waals surface area contributed by atoms with E-state index in [1.165, 1.54) is 12.1 Å². The van der Waals surface area contributed by atoms with Crippen molar-refractivity contribution in [2.75, 3.05) is 6.54 Å². The number of hydrogen-bond donors (Lipinski definition) is 3. The molecular weight excluding hydrogens is 514 g/mol. The zero-order valence-corrected chi connectivity index (χ0v) is 23.9. The number of benzene rings is 3. The van der Waals surface area contributed by atoms with Gasteiger partial charge in [-0.1, -0.05) is 80.4 Å². The number of sulfonamides is 1. The van der Waals surface area contributed by atoms with Gasteiger partial charge in [0.1, 0.15) is 11.6 Å². The zero-order valence-electron chi connectivity index (χ0n) is 23.1. The van der Waals surface area contributed by atoms with E-state index in [-0.39, 0.29) is 17.9 Å². The molecule has 0 bridgehead atoms. The van der Waals surface area contributed by atoms with Crippen LogP contribution in [0, 0.1) is 0 Å². The maximum atomic E-state index is 13.4. The lowest BCUT2D eigenvalue weighted by molar-refractivity contribution is -0.123. The van der Waals surface area contributed by atoms with Crippen LogP contribution in [0.3, 0.4) is 0 Å². The van der Waals surface area contributed by atoms with Gasteiger partial charge in [-0.2, -0.15) is 0 Å². The topological polar surface area (TPSA) is 114 Å². The molecule has 0 radical (unpaired) electrons. The maximum absolute atomic E-state index is 13.4.